The lowest BCUT2D eigenvalue weighted by molar-refractivity contribution is -0.146. The fourth-order valence-corrected chi connectivity index (χ4v) is 6.23. The summed E-state index contributed by atoms with van der Waals surface area (Å²) in [6.45, 7) is 12.3. The molecule has 2 aromatic carbocycles. The predicted octanol–water partition coefficient (Wildman–Crippen LogP) is 8.33. The predicted molar refractivity (Wildman–Crippen MR) is 179 cm³/mol. The number of benzene rings is 2. The molecule has 8 heteroatoms. The molecule has 0 radical (unpaired) electrons. The third-order valence-corrected chi connectivity index (χ3v) is 8.64. The van der Waals surface area contributed by atoms with Crippen molar-refractivity contribution >= 4 is 11.7 Å². The van der Waals surface area contributed by atoms with Crippen molar-refractivity contribution in [2.75, 3.05) is 24.6 Å². The first-order valence-corrected chi connectivity index (χ1v) is 16.5. The summed E-state index contributed by atoms with van der Waals surface area (Å²) in [4.78, 5) is 19.9. The van der Waals surface area contributed by atoms with Crippen molar-refractivity contribution in [3.8, 4) is 16.9 Å². The number of pyridine rings is 1. The summed E-state index contributed by atoms with van der Waals surface area (Å²) in [6, 6.07) is 14.1. The van der Waals surface area contributed by atoms with Crippen LogP contribution in [0.2, 0.25) is 0 Å². The number of esters is 1. The third-order valence-electron chi connectivity index (χ3n) is 8.64. The molecule has 6 nitrogen and oxygen atoms in total. The Labute approximate surface area is 273 Å². The second-order valence-electron chi connectivity index (χ2n) is 14.0. The van der Waals surface area contributed by atoms with Gasteiger partial charge in [0, 0.05) is 36.3 Å². The summed E-state index contributed by atoms with van der Waals surface area (Å²) in [5, 5.41) is 8.52. The van der Waals surface area contributed by atoms with Crippen LogP contribution in [-0.4, -0.2) is 47.5 Å². The Morgan fingerprint density at radius 1 is 1.02 bits per heavy atom. The average molecular weight is 637 g/mol. The highest BCUT2D eigenvalue weighted by Crippen LogP contribution is 2.50. The SMILES string of the molecule is CC(C)(C)O.Cc1nc(CF)c(-c2ccc(OCCc3ccc(F)cc3)cc2)c(N2CCC3(CCC3)CC2)c1CC(=O)OC(C)C. The van der Waals surface area contributed by atoms with E-state index in [4.69, 9.17) is 14.6 Å². The Morgan fingerprint density at radius 2 is 1.63 bits per heavy atom. The van der Waals surface area contributed by atoms with Gasteiger partial charge in [0.2, 0.25) is 0 Å². The van der Waals surface area contributed by atoms with E-state index in [1.807, 2.05) is 45.0 Å². The molecule has 1 N–H and O–H groups in total. The molecule has 2 fully saturated rings. The smallest absolute Gasteiger partial charge is 0.310 e. The van der Waals surface area contributed by atoms with Crippen LogP contribution >= 0.6 is 0 Å². The highest BCUT2D eigenvalue weighted by atomic mass is 19.1. The van der Waals surface area contributed by atoms with Crippen LogP contribution in [-0.2, 0) is 29.0 Å². The molecule has 0 unspecified atom stereocenters. The number of aromatic nitrogens is 1. The zero-order valence-electron chi connectivity index (χ0n) is 28.3. The minimum Gasteiger partial charge on any atom is -0.493 e. The summed E-state index contributed by atoms with van der Waals surface area (Å²) >= 11 is 0. The van der Waals surface area contributed by atoms with Gasteiger partial charge in [-0.25, -0.2) is 8.78 Å². The van der Waals surface area contributed by atoms with Gasteiger partial charge >= 0.3 is 5.97 Å². The van der Waals surface area contributed by atoms with E-state index in [0.29, 0.717) is 35.6 Å². The molecule has 1 aliphatic carbocycles. The Balaban J connectivity index is 0.000000892. The van der Waals surface area contributed by atoms with Crippen molar-refractivity contribution in [3.05, 3.63) is 76.9 Å². The topological polar surface area (TPSA) is 71.9 Å². The number of piperidine rings is 1. The molecule has 1 spiro atoms. The zero-order valence-corrected chi connectivity index (χ0v) is 28.3. The monoisotopic (exact) mass is 636 g/mol. The van der Waals surface area contributed by atoms with Gasteiger partial charge in [-0.1, -0.05) is 30.7 Å². The molecular weight excluding hydrogens is 586 g/mol. The van der Waals surface area contributed by atoms with Crippen LogP contribution in [0.3, 0.4) is 0 Å². The highest BCUT2D eigenvalue weighted by Gasteiger charge is 2.40. The van der Waals surface area contributed by atoms with Gasteiger partial charge in [-0.05, 0) is 108 Å². The number of carbonyl (C=O) groups excluding carboxylic acids is 1. The van der Waals surface area contributed by atoms with E-state index in [-0.39, 0.29) is 24.3 Å². The fraction of sp³-hybridized carbons (Fsp3) is 0.526. The van der Waals surface area contributed by atoms with Gasteiger partial charge in [-0.3, -0.25) is 9.78 Å². The van der Waals surface area contributed by atoms with Crippen LogP contribution in [0.1, 0.15) is 89.2 Å². The summed E-state index contributed by atoms with van der Waals surface area (Å²) in [5.41, 5.74) is 5.30. The minimum absolute atomic E-state index is 0.0954. The molecule has 1 aromatic heterocycles. The number of aryl methyl sites for hydroxylation is 1. The number of halogens is 2. The first kappa shape index (κ1) is 35.3. The molecule has 1 aliphatic heterocycles. The lowest BCUT2D eigenvalue weighted by Crippen LogP contribution is -2.44. The number of nitrogens with zero attached hydrogens (tertiary/aromatic N) is 2. The molecule has 3 aromatic rings. The van der Waals surface area contributed by atoms with Crippen LogP contribution < -0.4 is 9.64 Å². The van der Waals surface area contributed by atoms with Gasteiger partial charge < -0.3 is 19.5 Å². The van der Waals surface area contributed by atoms with Gasteiger partial charge in [0.1, 0.15) is 18.2 Å². The van der Waals surface area contributed by atoms with Crippen LogP contribution in [0.5, 0.6) is 5.75 Å². The van der Waals surface area contributed by atoms with Crippen LogP contribution in [0.15, 0.2) is 48.5 Å². The number of carbonyl (C=O) groups is 1. The molecule has 2 aliphatic rings. The molecule has 2 heterocycles. The minimum atomic E-state index is -0.701. The van der Waals surface area contributed by atoms with E-state index < -0.39 is 12.3 Å². The van der Waals surface area contributed by atoms with Gasteiger partial charge in [0.05, 0.1) is 36.1 Å². The highest BCUT2D eigenvalue weighted by molar-refractivity contribution is 5.87. The molecule has 250 valence electrons. The van der Waals surface area contributed by atoms with Crippen molar-refractivity contribution < 1.29 is 28.2 Å². The quantitative estimate of drug-likeness (QED) is 0.226. The Bertz CT molecular complexity index is 1430. The molecule has 1 saturated heterocycles. The molecule has 0 atom stereocenters. The van der Waals surface area contributed by atoms with Crippen molar-refractivity contribution in [1.29, 1.82) is 0 Å². The van der Waals surface area contributed by atoms with Crippen molar-refractivity contribution in [3.63, 3.8) is 0 Å². The van der Waals surface area contributed by atoms with E-state index in [1.54, 1.807) is 32.9 Å². The van der Waals surface area contributed by atoms with Crippen molar-refractivity contribution in [2.24, 2.45) is 5.41 Å². The number of rotatable bonds is 10. The Morgan fingerprint density at radius 3 is 2.15 bits per heavy atom. The number of ether oxygens (including phenoxy) is 2. The Hall–Kier alpha value is -3.52. The lowest BCUT2D eigenvalue weighted by atomic mass is 9.63. The number of alkyl halides is 1. The van der Waals surface area contributed by atoms with Gasteiger partial charge in [0.25, 0.3) is 0 Å². The molecule has 0 bridgehead atoms. The van der Waals surface area contributed by atoms with Crippen LogP contribution in [0.25, 0.3) is 11.1 Å². The normalized spacial score (nSPS) is 15.7. The maximum Gasteiger partial charge on any atom is 0.310 e. The standard InChI is InChI=1S/C34H40F2N2O3.C4H10O/c1-23(2)41-31(39)21-29-24(3)37-30(22-35)32(33(29)38-18-16-34(17-19-38)14-4-15-34)26-7-11-28(12-8-26)40-20-13-25-5-9-27(36)10-6-25;1-4(2,3)5/h5-12,23H,4,13-22H2,1-3H3;5H,1-3H3. The first-order chi connectivity index (χ1) is 21.8. The second-order valence-corrected chi connectivity index (χ2v) is 14.0. The lowest BCUT2D eigenvalue weighted by Gasteiger charge is -2.49. The summed E-state index contributed by atoms with van der Waals surface area (Å²) < 4.78 is 39.2. The molecular formula is C38H50F2N2O4. The number of hydrogen-bond donors (Lipinski definition) is 1. The van der Waals surface area contributed by atoms with E-state index in [9.17, 15) is 13.6 Å². The average Bonchev–Trinajstić information content (AvgIpc) is 2.97. The number of hydrogen-bond acceptors (Lipinski definition) is 6. The zero-order chi connectivity index (χ0) is 33.5. The van der Waals surface area contributed by atoms with Gasteiger partial charge in [0.15, 0.2) is 0 Å². The van der Waals surface area contributed by atoms with Gasteiger partial charge in [-0.2, -0.15) is 0 Å². The van der Waals surface area contributed by atoms with E-state index in [0.717, 1.165) is 53.9 Å². The van der Waals surface area contributed by atoms with Gasteiger partial charge in [-0.15, -0.1) is 0 Å². The molecule has 46 heavy (non-hydrogen) atoms. The third kappa shape index (κ3) is 9.74. The number of anilines is 1. The maximum atomic E-state index is 14.6. The van der Waals surface area contributed by atoms with Crippen molar-refractivity contribution in [2.45, 2.75) is 105 Å². The van der Waals surface area contributed by atoms with E-state index >= 15 is 0 Å². The van der Waals surface area contributed by atoms with Crippen molar-refractivity contribution in [1.82, 2.24) is 4.98 Å². The fourth-order valence-electron chi connectivity index (χ4n) is 6.23. The van der Waals surface area contributed by atoms with Crippen LogP contribution in [0, 0.1) is 18.2 Å². The summed E-state index contributed by atoms with van der Waals surface area (Å²) in [6.07, 6.45) is 6.63. The summed E-state index contributed by atoms with van der Waals surface area (Å²) in [5.74, 6) is 0.141. The van der Waals surface area contributed by atoms with Crippen LogP contribution in [0.4, 0.5) is 14.5 Å². The molecule has 0 amide bonds. The maximum absolute atomic E-state index is 14.6. The number of aliphatic hydroxyl groups is 1. The largest absolute Gasteiger partial charge is 0.493 e. The molecule has 5 rings (SSSR count). The Kier molecular flexibility index (Phi) is 11.8. The second kappa shape index (κ2) is 15.4. The van der Waals surface area contributed by atoms with E-state index in [2.05, 4.69) is 9.88 Å². The molecule has 1 saturated carbocycles. The first-order valence-electron chi connectivity index (χ1n) is 16.5. The summed E-state index contributed by atoms with van der Waals surface area (Å²) in [7, 11) is 0. The van der Waals surface area contributed by atoms with E-state index in [1.165, 1.54) is 31.4 Å².